The molecule has 0 spiro atoms. The number of pyridine rings is 1. The SMILES string of the molecule is CN(C)c1ccc(C=Cc2ccc(Br)nc2)cc1. The Hall–Kier alpha value is -1.61. The molecule has 0 aliphatic carbocycles. The summed E-state index contributed by atoms with van der Waals surface area (Å²) in [5.74, 6) is 0. The van der Waals surface area contributed by atoms with Gasteiger partial charge in [0.15, 0.2) is 0 Å². The van der Waals surface area contributed by atoms with Gasteiger partial charge in [0.05, 0.1) is 0 Å². The van der Waals surface area contributed by atoms with Crippen LogP contribution in [0.15, 0.2) is 47.2 Å². The van der Waals surface area contributed by atoms with Gasteiger partial charge in [-0.1, -0.05) is 30.4 Å². The number of hydrogen-bond donors (Lipinski definition) is 0. The van der Waals surface area contributed by atoms with E-state index in [-0.39, 0.29) is 0 Å². The summed E-state index contributed by atoms with van der Waals surface area (Å²) in [5, 5.41) is 0. The van der Waals surface area contributed by atoms with Gasteiger partial charge in [0, 0.05) is 26.0 Å². The highest BCUT2D eigenvalue weighted by Gasteiger charge is 1.94. The Morgan fingerprint density at radius 2 is 1.56 bits per heavy atom. The molecule has 18 heavy (non-hydrogen) atoms. The average molecular weight is 303 g/mol. The van der Waals surface area contributed by atoms with E-state index in [4.69, 9.17) is 0 Å². The third kappa shape index (κ3) is 3.44. The van der Waals surface area contributed by atoms with E-state index in [1.807, 2.05) is 32.4 Å². The van der Waals surface area contributed by atoms with E-state index in [0.29, 0.717) is 0 Å². The number of halogens is 1. The van der Waals surface area contributed by atoms with Gasteiger partial charge in [-0.15, -0.1) is 0 Å². The Kier molecular flexibility index (Phi) is 4.15. The number of nitrogens with zero attached hydrogens (tertiary/aromatic N) is 2. The molecule has 0 unspecified atom stereocenters. The van der Waals surface area contributed by atoms with E-state index >= 15 is 0 Å². The van der Waals surface area contributed by atoms with Gasteiger partial charge in [-0.3, -0.25) is 0 Å². The fourth-order valence-corrected chi connectivity index (χ4v) is 1.80. The monoisotopic (exact) mass is 302 g/mol. The first-order valence-corrected chi connectivity index (χ1v) is 6.51. The molecule has 92 valence electrons. The lowest BCUT2D eigenvalue weighted by Gasteiger charge is -2.11. The molecule has 0 N–H and O–H groups in total. The zero-order chi connectivity index (χ0) is 13.0. The largest absolute Gasteiger partial charge is 0.378 e. The highest BCUT2D eigenvalue weighted by molar-refractivity contribution is 9.10. The predicted octanol–water partition coefficient (Wildman–Crippen LogP) is 4.08. The summed E-state index contributed by atoms with van der Waals surface area (Å²) in [7, 11) is 4.08. The van der Waals surface area contributed by atoms with Gasteiger partial charge in [-0.05, 0) is 45.3 Å². The molecule has 0 atom stereocenters. The van der Waals surface area contributed by atoms with Gasteiger partial charge >= 0.3 is 0 Å². The summed E-state index contributed by atoms with van der Waals surface area (Å²) < 4.78 is 0.856. The summed E-state index contributed by atoms with van der Waals surface area (Å²) in [4.78, 5) is 6.28. The van der Waals surface area contributed by atoms with Crippen LogP contribution in [0, 0.1) is 0 Å². The maximum atomic E-state index is 4.19. The van der Waals surface area contributed by atoms with Crippen molar-refractivity contribution in [1.29, 1.82) is 0 Å². The number of anilines is 1. The first-order valence-electron chi connectivity index (χ1n) is 5.72. The fourth-order valence-electron chi connectivity index (χ4n) is 1.56. The summed E-state index contributed by atoms with van der Waals surface area (Å²) in [6.45, 7) is 0. The molecule has 0 amide bonds. The van der Waals surface area contributed by atoms with Crippen LogP contribution in [0.5, 0.6) is 0 Å². The van der Waals surface area contributed by atoms with Crippen molar-refractivity contribution >= 4 is 33.8 Å². The topological polar surface area (TPSA) is 16.1 Å². The van der Waals surface area contributed by atoms with E-state index in [2.05, 4.69) is 62.2 Å². The Bertz CT molecular complexity index is 527. The molecule has 0 radical (unpaired) electrons. The molecule has 1 aromatic heterocycles. The van der Waals surface area contributed by atoms with Crippen molar-refractivity contribution in [2.75, 3.05) is 19.0 Å². The van der Waals surface area contributed by atoms with Crippen molar-refractivity contribution in [1.82, 2.24) is 4.98 Å². The van der Waals surface area contributed by atoms with Crippen molar-refractivity contribution < 1.29 is 0 Å². The van der Waals surface area contributed by atoms with Crippen LogP contribution in [0.1, 0.15) is 11.1 Å². The second-order valence-electron chi connectivity index (χ2n) is 4.23. The van der Waals surface area contributed by atoms with Crippen LogP contribution in [0.2, 0.25) is 0 Å². The lowest BCUT2D eigenvalue weighted by Crippen LogP contribution is -2.07. The minimum atomic E-state index is 0.856. The molecule has 1 aromatic carbocycles. The third-order valence-electron chi connectivity index (χ3n) is 2.63. The zero-order valence-electron chi connectivity index (χ0n) is 10.5. The highest BCUT2D eigenvalue weighted by Crippen LogP contribution is 2.15. The molecule has 0 aliphatic heterocycles. The fraction of sp³-hybridized carbons (Fsp3) is 0.133. The predicted molar refractivity (Wildman–Crippen MR) is 81.6 cm³/mol. The van der Waals surface area contributed by atoms with Crippen molar-refractivity contribution in [2.45, 2.75) is 0 Å². The zero-order valence-corrected chi connectivity index (χ0v) is 12.1. The van der Waals surface area contributed by atoms with Crippen molar-refractivity contribution in [2.24, 2.45) is 0 Å². The van der Waals surface area contributed by atoms with Crippen molar-refractivity contribution in [3.8, 4) is 0 Å². The van der Waals surface area contributed by atoms with E-state index in [1.165, 1.54) is 11.3 Å². The minimum Gasteiger partial charge on any atom is -0.378 e. The van der Waals surface area contributed by atoms with Crippen LogP contribution in [-0.4, -0.2) is 19.1 Å². The van der Waals surface area contributed by atoms with E-state index < -0.39 is 0 Å². The number of rotatable bonds is 3. The lowest BCUT2D eigenvalue weighted by atomic mass is 10.1. The Balaban J connectivity index is 2.11. The van der Waals surface area contributed by atoms with E-state index in [9.17, 15) is 0 Å². The van der Waals surface area contributed by atoms with Gasteiger partial charge in [0.1, 0.15) is 4.60 Å². The van der Waals surface area contributed by atoms with Gasteiger partial charge < -0.3 is 4.90 Å². The van der Waals surface area contributed by atoms with E-state index in [0.717, 1.165) is 10.2 Å². The molecule has 0 bridgehead atoms. The number of aromatic nitrogens is 1. The standard InChI is InChI=1S/C15H15BrN2/c1-18(2)14-8-5-12(6-9-14)3-4-13-7-10-15(16)17-11-13/h3-11H,1-2H3. The molecule has 3 heteroatoms. The first-order chi connectivity index (χ1) is 8.65. The normalized spacial score (nSPS) is 10.8. The van der Waals surface area contributed by atoms with Gasteiger partial charge in [0.2, 0.25) is 0 Å². The van der Waals surface area contributed by atoms with Crippen LogP contribution in [0.4, 0.5) is 5.69 Å². The van der Waals surface area contributed by atoms with Crippen LogP contribution in [-0.2, 0) is 0 Å². The summed E-state index contributed by atoms with van der Waals surface area (Å²) in [6, 6.07) is 12.4. The Morgan fingerprint density at radius 3 is 2.11 bits per heavy atom. The maximum Gasteiger partial charge on any atom is 0.106 e. The minimum absolute atomic E-state index is 0.856. The molecule has 0 saturated heterocycles. The molecule has 0 fully saturated rings. The Morgan fingerprint density at radius 1 is 0.944 bits per heavy atom. The first kappa shape index (κ1) is 12.8. The number of benzene rings is 1. The highest BCUT2D eigenvalue weighted by atomic mass is 79.9. The number of hydrogen-bond acceptors (Lipinski definition) is 2. The van der Waals surface area contributed by atoms with Crippen LogP contribution >= 0.6 is 15.9 Å². The van der Waals surface area contributed by atoms with Crippen molar-refractivity contribution in [3.05, 3.63) is 58.3 Å². The van der Waals surface area contributed by atoms with Crippen molar-refractivity contribution in [3.63, 3.8) is 0 Å². The second kappa shape index (κ2) is 5.83. The molecular formula is C15H15BrN2. The van der Waals surface area contributed by atoms with Gasteiger partial charge in [0.25, 0.3) is 0 Å². The Labute approximate surface area is 116 Å². The maximum absolute atomic E-state index is 4.19. The van der Waals surface area contributed by atoms with Crippen LogP contribution in [0.25, 0.3) is 12.2 Å². The average Bonchev–Trinajstić information content (AvgIpc) is 2.38. The van der Waals surface area contributed by atoms with Gasteiger partial charge in [-0.25, -0.2) is 4.98 Å². The molecule has 2 rings (SSSR count). The van der Waals surface area contributed by atoms with E-state index in [1.54, 1.807) is 0 Å². The summed E-state index contributed by atoms with van der Waals surface area (Å²) in [6.07, 6.45) is 5.99. The molecule has 2 nitrogen and oxygen atoms in total. The quantitative estimate of drug-likeness (QED) is 0.794. The molecule has 1 heterocycles. The summed E-state index contributed by atoms with van der Waals surface area (Å²) in [5.41, 5.74) is 3.48. The molecule has 2 aromatic rings. The molecular weight excluding hydrogens is 288 g/mol. The smallest absolute Gasteiger partial charge is 0.106 e. The van der Waals surface area contributed by atoms with Crippen LogP contribution in [0.3, 0.4) is 0 Å². The molecule has 0 aliphatic rings. The second-order valence-corrected chi connectivity index (χ2v) is 5.05. The third-order valence-corrected chi connectivity index (χ3v) is 3.10. The van der Waals surface area contributed by atoms with Gasteiger partial charge in [-0.2, -0.15) is 0 Å². The van der Waals surface area contributed by atoms with Crippen LogP contribution < -0.4 is 4.90 Å². The lowest BCUT2D eigenvalue weighted by molar-refractivity contribution is 1.13. The molecule has 0 saturated carbocycles. The summed E-state index contributed by atoms with van der Waals surface area (Å²) >= 11 is 3.32.